The third-order valence-corrected chi connectivity index (χ3v) is 3.58. The fraction of sp³-hybridized carbons (Fsp3) is 0.211. The first-order valence-electron chi connectivity index (χ1n) is 7.88. The lowest BCUT2D eigenvalue weighted by molar-refractivity contribution is -0.123. The highest BCUT2D eigenvalue weighted by Crippen LogP contribution is 2.16. The summed E-state index contributed by atoms with van der Waals surface area (Å²) in [6.45, 7) is 5.35. The van der Waals surface area contributed by atoms with Crippen molar-refractivity contribution in [2.75, 3.05) is 16.0 Å². The summed E-state index contributed by atoms with van der Waals surface area (Å²) in [5.41, 5.74) is 3.94. The number of hydrogen-bond acceptors (Lipinski definition) is 3. The van der Waals surface area contributed by atoms with Crippen LogP contribution in [0.15, 0.2) is 42.5 Å². The quantitative estimate of drug-likeness (QED) is 0.731. The van der Waals surface area contributed by atoms with Gasteiger partial charge in [0, 0.05) is 24.0 Å². The van der Waals surface area contributed by atoms with Crippen molar-refractivity contribution in [3.05, 3.63) is 53.6 Å². The van der Waals surface area contributed by atoms with E-state index in [0.717, 1.165) is 11.1 Å². The molecule has 0 aromatic heterocycles. The molecule has 0 aliphatic rings. The van der Waals surface area contributed by atoms with Crippen LogP contribution >= 0.6 is 0 Å². The highest BCUT2D eigenvalue weighted by Gasteiger charge is 2.11. The maximum atomic E-state index is 12.0. The van der Waals surface area contributed by atoms with Crippen LogP contribution < -0.4 is 16.0 Å². The van der Waals surface area contributed by atoms with E-state index in [1.807, 2.05) is 26.0 Å². The molecule has 3 amide bonds. The van der Waals surface area contributed by atoms with E-state index in [1.54, 1.807) is 30.3 Å². The van der Waals surface area contributed by atoms with Gasteiger partial charge in [-0.3, -0.25) is 14.4 Å². The fourth-order valence-electron chi connectivity index (χ4n) is 2.25. The minimum atomic E-state index is -0.429. The zero-order chi connectivity index (χ0) is 18.4. The molecular weight excluding hydrogens is 318 g/mol. The Morgan fingerprint density at radius 1 is 0.760 bits per heavy atom. The molecule has 0 bridgehead atoms. The topological polar surface area (TPSA) is 87.3 Å². The van der Waals surface area contributed by atoms with Gasteiger partial charge in [0.2, 0.25) is 17.7 Å². The Hall–Kier alpha value is -3.15. The molecular formula is C19H21N3O3. The van der Waals surface area contributed by atoms with Crippen LogP contribution in [0.2, 0.25) is 0 Å². The SMILES string of the molecule is CC(=O)Nc1cccc(NC(=O)CC(=O)Nc2ccc(C)c(C)c2)c1. The molecule has 0 fully saturated rings. The molecule has 0 aliphatic carbocycles. The van der Waals surface area contributed by atoms with Gasteiger partial charge >= 0.3 is 0 Å². The van der Waals surface area contributed by atoms with Gasteiger partial charge in [-0.05, 0) is 55.3 Å². The van der Waals surface area contributed by atoms with Crippen molar-refractivity contribution in [2.24, 2.45) is 0 Å². The number of anilines is 3. The van der Waals surface area contributed by atoms with E-state index in [9.17, 15) is 14.4 Å². The normalized spacial score (nSPS) is 10.0. The molecule has 0 aliphatic heterocycles. The minimum absolute atomic E-state index is 0.198. The van der Waals surface area contributed by atoms with Gasteiger partial charge in [0.05, 0.1) is 0 Å². The van der Waals surface area contributed by atoms with Crippen LogP contribution in [0.4, 0.5) is 17.1 Å². The summed E-state index contributed by atoms with van der Waals surface area (Å²) in [4.78, 5) is 35.1. The number of nitrogens with one attached hydrogen (secondary N) is 3. The molecule has 0 heterocycles. The second-order valence-electron chi connectivity index (χ2n) is 5.83. The van der Waals surface area contributed by atoms with Gasteiger partial charge in [-0.25, -0.2) is 0 Å². The summed E-state index contributed by atoms with van der Waals surface area (Å²) in [5.74, 6) is -1.02. The molecule has 6 heteroatoms. The van der Waals surface area contributed by atoms with Gasteiger partial charge in [-0.15, -0.1) is 0 Å². The number of rotatable bonds is 5. The van der Waals surface area contributed by atoms with Gasteiger partial charge in [0.15, 0.2) is 0 Å². The smallest absolute Gasteiger partial charge is 0.233 e. The number of amides is 3. The lowest BCUT2D eigenvalue weighted by Gasteiger charge is -2.09. The monoisotopic (exact) mass is 339 g/mol. The van der Waals surface area contributed by atoms with Crippen molar-refractivity contribution in [3.8, 4) is 0 Å². The number of carbonyl (C=O) groups is 3. The highest BCUT2D eigenvalue weighted by atomic mass is 16.2. The van der Waals surface area contributed by atoms with Gasteiger partial charge in [0.25, 0.3) is 0 Å². The lowest BCUT2D eigenvalue weighted by Crippen LogP contribution is -2.21. The molecule has 2 rings (SSSR count). The average Bonchev–Trinajstić information content (AvgIpc) is 2.50. The van der Waals surface area contributed by atoms with E-state index in [2.05, 4.69) is 16.0 Å². The largest absolute Gasteiger partial charge is 0.326 e. The van der Waals surface area contributed by atoms with Gasteiger partial charge in [-0.1, -0.05) is 12.1 Å². The molecule has 0 saturated heterocycles. The number of aryl methyl sites for hydroxylation is 2. The second-order valence-corrected chi connectivity index (χ2v) is 5.83. The first kappa shape index (κ1) is 18.2. The van der Waals surface area contributed by atoms with Crippen LogP contribution in [-0.4, -0.2) is 17.7 Å². The van der Waals surface area contributed by atoms with Crippen LogP contribution in [0.5, 0.6) is 0 Å². The van der Waals surface area contributed by atoms with E-state index < -0.39 is 11.8 Å². The number of carbonyl (C=O) groups excluding carboxylic acids is 3. The summed E-state index contributed by atoms with van der Waals surface area (Å²) in [5, 5.41) is 7.98. The Balaban J connectivity index is 1.92. The predicted octanol–water partition coefficient (Wildman–Crippen LogP) is 3.23. The Morgan fingerprint density at radius 3 is 1.88 bits per heavy atom. The van der Waals surface area contributed by atoms with Crippen molar-refractivity contribution in [1.82, 2.24) is 0 Å². The summed E-state index contributed by atoms with van der Waals surface area (Å²) in [6, 6.07) is 12.3. The Bertz CT molecular complexity index is 815. The molecule has 2 aromatic carbocycles. The first-order chi connectivity index (χ1) is 11.8. The van der Waals surface area contributed by atoms with Crippen LogP contribution in [-0.2, 0) is 14.4 Å². The lowest BCUT2D eigenvalue weighted by atomic mass is 10.1. The summed E-state index contributed by atoms with van der Waals surface area (Å²) < 4.78 is 0. The Morgan fingerprint density at radius 2 is 1.32 bits per heavy atom. The van der Waals surface area contributed by atoms with Crippen LogP contribution in [0.3, 0.4) is 0 Å². The third kappa shape index (κ3) is 5.76. The summed E-state index contributed by atoms with van der Waals surface area (Å²) in [7, 11) is 0. The van der Waals surface area contributed by atoms with E-state index in [-0.39, 0.29) is 12.3 Å². The maximum absolute atomic E-state index is 12.0. The van der Waals surface area contributed by atoms with E-state index in [4.69, 9.17) is 0 Å². The second kappa shape index (κ2) is 8.10. The van der Waals surface area contributed by atoms with Crippen molar-refractivity contribution in [3.63, 3.8) is 0 Å². The highest BCUT2D eigenvalue weighted by molar-refractivity contribution is 6.08. The molecule has 3 N–H and O–H groups in total. The van der Waals surface area contributed by atoms with Gasteiger partial charge in [-0.2, -0.15) is 0 Å². The summed E-state index contributed by atoms with van der Waals surface area (Å²) >= 11 is 0. The molecule has 6 nitrogen and oxygen atoms in total. The van der Waals surface area contributed by atoms with E-state index >= 15 is 0 Å². The fourth-order valence-corrected chi connectivity index (χ4v) is 2.25. The van der Waals surface area contributed by atoms with Gasteiger partial charge < -0.3 is 16.0 Å². The van der Waals surface area contributed by atoms with Gasteiger partial charge in [0.1, 0.15) is 6.42 Å². The minimum Gasteiger partial charge on any atom is -0.326 e. The standard InChI is InChI=1S/C19H21N3O3/c1-12-7-8-17(9-13(12)2)22-19(25)11-18(24)21-16-6-4-5-15(10-16)20-14(3)23/h4-10H,11H2,1-3H3,(H,20,23)(H,21,24)(H,22,25). The molecule has 2 aromatic rings. The first-order valence-corrected chi connectivity index (χ1v) is 7.88. The van der Waals surface area contributed by atoms with Crippen molar-refractivity contribution in [1.29, 1.82) is 0 Å². The number of hydrogen-bond donors (Lipinski definition) is 3. The molecule has 0 saturated carbocycles. The van der Waals surface area contributed by atoms with Crippen LogP contribution in [0.25, 0.3) is 0 Å². The van der Waals surface area contributed by atoms with Crippen LogP contribution in [0.1, 0.15) is 24.5 Å². The Labute approximate surface area is 146 Å². The molecule has 0 atom stereocenters. The van der Waals surface area contributed by atoms with Crippen molar-refractivity contribution >= 4 is 34.8 Å². The molecule has 0 spiro atoms. The number of benzene rings is 2. The summed E-state index contributed by atoms with van der Waals surface area (Å²) in [6.07, 6.45) is -0.294. The Kier molecular flexibility index (Phi) is 5.89. The van der Waals surface area contributed by atoms with Crippen molar-refractivity contribution in [2.45, 2.75) is 27.2 Å². The predicted molar refractivity (Wildman–Crippen MR) is 98.5 cm³/mol. The molecule has 0 unspecified atom stereocenters. The zero-order valence-electron chi connectivity index (χ0n) is 14.5. The van der Waals surface area contributed by atoms with Crippen LogP contribution in [0, 0.1) is 13.8 Å². The molecule has 25 heavy (non-hydrogen) atoms. The molecule has 0 radical (unpaired) electrons. The maximum Gasteiger partial charge on any atom is 0.233 e. The van der Waals surface area contributed by atoms with Crippen molar-refractivity contribution < 1.29 is 14.4 Å². The van der Waals surface area contributed by atoms with E-state index in [1.165, 1.54) is 6.92 Å². The van der Waals surface area contributed by atoms with E-state index in [0.29, 0.717) is 17.1 Å². The third-order valence-electron chi connectivity index (χ3n) is 3.58. The molecule has 130 valence electrons. The zero-order valence-corrected chi connectivity index (χ0v) is 14.5. The average molecular weight is 339 g/mol.